The Labute approximate surface area is 238 Å². The molecule has 208 valence electrons. The summed E-state index contributed by atoms with van der Waals surface area (Å²) in [6.45, 7) is 0. The molecule has 0 unspecified atom stereocenters. The number of aromatic carboxylic acids is 1. The molecule has 0 spiro atoms. The van der Waals surface area contributed by atoms with Crippen LogP contribution in [0.2, 0.25) is 0 Å². The smallest absolute Gasteiger partial charge is 0.335 e. The van der Waals surface area contributed by atoms with Crippen LogP contribution in [0, 0.1) is 0 Å². The van der Waals surface area contributed by atoms with Crippen LogP contribution in [0.4, 0.5) is 0 Å². The van der Waals surface area contributed by atoms with Crippen molar-refractivity contribution in [1.82, 2.24) is 24.4 Å². The van der Waals surface area contributed by atoms with Crippen LogP contribution in [0.5, 0.6) is 0 Å². The number of carboxylic acids is 1. The third-order valence-corrected chi connectivity index (χ3v) is 9.29. The molecule has 2 N–H and O–H groups in total. The van der Waals surface area contributed by atoms with E-state index in [-0.39, 0.29) is 11.5 Å². The monoisotopic (exact) mass is 547 g/mol. The van der Waals surface area contributed by atoms with Crippen molar-refractivity contribution in [2.45, 2.75) is 56.4 Å². The topological polar surface area (TPSA) is 102 Å². The number of hydrogen-bond donors (Lipinski definition) is 2. The molecule has 0 radical (unpaired) electrons. The number of nitrogens with zero attached hydrogens (tertiary/aromatic N) is 4. The normalized spacial score (nSPS) is 16.7. The Bertz CT molecular complexity index is 1820. The lowest BCUT2D eigenvalue weighted by molar-refractivity contribution is 0.0696. The van der Waals surface area contributed by atoms with Crippen LogP contribution in [0.15, 0.2) is 60.8 Å². The lowest BCUT2D eigenvalue weighted by Crippen LogP contribution is -2.52. The number of rotatable bonds is 6. The largest absolute Gasteiger partial charge is 0.478 e. The lowest BCUT2D eigenvalue weighted by Gasteiger charge is -2.41. The molecular formula is C33H33N5O3. The zero-order chi connectivity index (χ0) is 28.3. The van der Waals surface area contributed by atoms with Crippen molar-refractivity contribution in [2.24, 2.45) is 14.1 Å². The standard InChI is InChI=1S/C33H33N5O3/c1-37-26-18-21(11-13-23(26)28(20-8-3-4-9-20)29(37)25-10-5-6-17-34-25)30(39)36-33(15-7-16-33)32-35-24-14-12-22(31(40)41)19-27(24)38(32)2/h5-6,10-14,17-20H,3-4,7-9,15-16H2,1-2H3,(H,36,39)(H,40,41). The number of carbonyl (C=O) groups is 2. The van der Waals surface area contributed by atoms with Crippen LogP contribution < -0.4 is 5.32 Å². The fourth-order valence-electron chi connectivity index (χ4n) is 7.02. The third kappa shape index (κ3) is 4.04. The lowest BCUT2D eigenvalue weighted by atomic mass is 9.75. The Kier molecular flexibility index (Phi) is 5.96. The quantitative estimate of drug-likeness (QED) is 0.260. The minimum absolute atomic E-state index is 0.132. The summed E-state index contributed by atoms with van der Waals surface area (Å²) in [5, 5.41) is 14.0. The Hall–Kier alpha value is -4.46. The van der Waals surface area contributed by atoms with Gasteiger partial charge in [-0.3, -0.25) is 9.78 Å². The molecule has 8 nitrogen and oxygen atoms in total. The van der Waals surface area contributed by atoms with Gasteiger partial charge in [-0.05, 0) is 86.1 Å². The summed E-state index contributed by atoms with van der Waals surface area (Å²) in [5.74, 6) is 0.149. The number of amides is 1. The summed E-state index contributed by atoms with van der Waals surface area (Å²) in [6, 6.07) is 17.1. The van der Waals surface area contributed by atoms with E-state index in [1.54, 1.807) is 18.2 Å². The maximum absolute atomic E-state index is 13.8. The maximum atomic E-state index is 13.8. The molecule has 3 aromatic heterocycles. The van der Waals surface area contributed by atoms with E-state index in [0.29, 0.717) is 11.5 Å². The molecule has 2 aliphatic carbocycles. The van der Waals surface area contributed by atoms with Gasteiger partial charge in [0.05, 0.1) is 33.5 Å². The van der Waals surface area contributed by atoms with Gasteiger partial charge in [-0.25, -0.2) is 9.78 Å². The van der Waals surface area contributed by atoms with E-state index >= 15 is 0 Å². The molecule has 8 heteroatoms. The Balaban J connectivity index is 1.27. The minimum atomic E-state index is -0.973. The molecule has 41 heavy (non-hydrogen) atoms. The van der Waals surface area contributed by atoms with Crippen LogP contribution in [0.3, 0.4) is 0 Å². The number of carboxylic acid groups (broad SMARTS) is 1. The number of hydrogen-bond acceptors (Lipinski definition) is 4. The summed E-state index contributed by atoms with van der Waals surface area (Å²) in [7, 11) is 3.97. The number of imidazole rings is 1. The van der Waals surface area contributed by atoms with E-state index in [4.69, 9.17) is 9.97 Å². The Morgan fingerprint density at radius 3 is 2.37 bits per heavy atom. The van der Waals surface area contributed by atoms with Crippen molar-refractivity contribution >= 4 is 33.8 Å². The highest BCUT2D eigenvalue weighted by atomic mass is 16.4. The molecule has 2 aliphatic rings. The summed E-state index contributed by atoms with van der Waals surface area (Å²) in [4.78, 5) is 34.9. The van der Waals surface area contributed by atoms with Gasteiger partial charge in [-0.2, -0.15) is 0 Å². The van der Waals surface area contributed by atoms with E-state index in [9.17, 15) is 14.7 Å². The highest BCUT2D eigenvalue weighted by Gasteiger charge is 2.44. The van der Waals surface area contributed by atoms with Gasteiger partial charge in [0.25, 0.3) is 5.91 Å². The molecule has 0 aliphatic heterocycles. The van der Waals surface area contributed by atoms with Gasteiger partial charge in [0.2, 0.25) is 0 Å². The summed E-state index contributed by atoms with van der Waals surface area (Å²) >= 11 is 0. The first-order valence-electron chi connectivity index (χ1n) is 14.4. The molecule has 2 aromatic carbocycles. The summed E-state index contributed by atoms with van der Waals surface area (Å²) in [6.07, 6.45) is 9.22. The third-order valence-electron chi connectivity index (χ3n) is 9.29. The molecule has 1 amide bonds. The zero-order valence-corrected chi connectivity index (χ0v) is 23.4. The van der Waals surface area contributed by atoms with Crippen LogP contribution in [0.25, 0.3) is 33.3 Å². The van der Waals surface area contributed by atoms with Gasteiger partial charge in [0.1, 0.15) is 5.82 Å². The van der Waals surface area contributed by atoms with Gasteiger partial charge < -0.3 is 19.6 Å². The van der Waals surface area contributed by atoms with E-state index < -0.39 is 11.5 Å². The predicted octanol–water partition coefficient (Wildman–Crippen LogP) is 6.29. The fraction of sp³-hybridized carbons (Fsp3) is 0.333. The van der Waals surface area contributed by atoms with Gasteiger partial charge >= 0.3 is 5.97 Å². The molecule has 0 atom stereocenters. The van der Waals surface area contributed by atoms with E-state index in [0.717, 1.165) is 53.0 Å². The molecule has 2 fully saturated rings. The number of pyridine rings is 1. The number of carbonyl (C=O) groups excluding carboxylic acids is 1. The molecule has 2 saturated carbocycles. The van der Waals surface area contributed by atoms with Crippen molar-refractivity contribution in [2.75, 3.05) is 0 Å². The number of fused-ring (bicyclic) bond motifs is 2. The van der Waals surface area contributed by atoms with Gasteiger partial charge in [0.15, 0.2) is 0 Å². The molecule has 5 aromatic rings. The van der Waals surface area contributed by atoms with Gasteiger partial charge in [0, 0.05) is 36.8 Å². The van der Waals surface area contributed by atoms with Gasteiger partial charge in [-0.1, -0.05) is 25.0 Å². The first-order valence-corrected chi connectivity index (χ1v) is 14.4. The fourth-order valence-corrected chi connectivity index (χ4v) is 7.02. The van der Waals surface area contributed by atoms with E-state index in [2.05, 4.69) is 29.1 Å². The average Bonchev–Trinajstić information content (AvgIpc) is 3.68. The van der Waals surface area contributed by atoms with Crippen LogP contribution in [-0.2, 0) is 19.6 Å². The average molecular weight is 548 g/mol. The summed E-state index contributed by atoms with van der Waals surface area (Å²) < 4.78 is 4.13. The highest BCUT2D eigenvalue weighted by Crippen LogP contribution is 2.45. The number of nitrogens with one attached hydrogen (secondary N) is 1. The highest BCUT2D eigenvalue weighted by molar-refractivity contribution is 6.01. The van der Waals surface area contributed by atoms with E-state index in [1.807, 2.05) is 42.1 Å². The minimum Gasteiger partial charge on any atom is -0.478 e. The summed E-state index contributed by atoms with van der Waals surface area (Å²) in [5.41, 5.74) is 6.19. The molecule has 7 rings (SSSR count). The first kappa shape index (κ1) is 25.5. The number of benzene rings is 2. The van der Waals surface area contributed by atoms with Crippen molar-refractivity contribution in [3.63, 3.8) is 0 Å². The van der Waals surface area contributed by atoms with Crippen molar-refractivity contribution in [3.05, 3.63) is 83.3 Å². The Morgan fingerprint density at radius 1 is 0.927 bits per heavy atom. The number of aryl methyl sites for hydroxylation is 2. The van der Waals surface area contributed by atoms with Crippen LogP contribution >= 0.6 is 0 Å². The molecule has 3 heterocycles. The van der Waals surface area contributed by atoms with Crippen LogP contribution in [0.1, 0.15) is 83.0 Å². The molecule has 0 saturated heterocycles. The second-order valence-electron chi connectivity index (χ2n) is 11.6. The zero-order valence-electron chi connectivity index (χ0n) is 23.4. The van der Waals surface area contributed by atoms with Crippen molar-refractivity contribution < 1.29 is 14.7 Å². The molecule has 0 bridgehead atoms. The second-order valence-corrected chi connectivity index (χ2v) is 11.6. The van der Waals surface area contributed by atoms with Crippen LogP contribution in [-0.4, -0.2) is 36.1 Å². The number of aromatic nitrogens is 4. The predicted molar refractivity (Wildman–Crippen MR) is 158 cm³/mol. The maximum Gasteiger partial charge on any atom is 0.335 e. The second kappa shape index (κ2) is 9.58. The van der Waals surface area contributed by atoms with Gasteiger partial charge in [-0.15, -0.1) is 0 Å². The SMILES string of the molecule is Cn1c(C2(NC(=O)c3ccc4c(C5CCCC5)c(-c5ccccn5)n(C)c4c3)CCC2)nc2ccc(C(=O)O)cc21. The Morgan fingerprint density at radius 2 is 1.68 bits per heavy atom. The first-order chi connectivity index (χ1) is 19.9. The molecular weight excluding hydrogens is 514 g/mol. The van der Waals surface area contributed by atoms with E-state index in [1.165, 1.54) is 36.6 Å². The van der Waals surface area contributed by atoms with Crippen molar-refractivity contribution in [3.8, 4) is 11.4 Å². The van der Waals surface area contributed by atoms with Crippen molar-refractivity contribution in [1.29, 1.82) is 0 Å².